The Morgan fingerprint density at radius 3 is 3.00 bits per heavy atom. The summed E-state index contributed by atoms with van der Waals surface area (Å²) in [6, 6.07) is 4.65. The Labute approximate surface area is 117 Å². The molecule has 1 aromatic carbocycles. The highest BCUT2D eigenvalue weighted by atomic mass is 19.1. The van der Waals surface area contributed by atoms with Gasteiger partial charge in [0.25, 0.3) is 0 Å². The molecule has 0 saturated carbocycles. The van der Waals surface area contributed by atoms with Crippen LogP contribution in [0.1, 0.15) is 24.9 Å². The second-order valence-corrected chi connectivity index (χ2v) is 5.03. The summed E-state index contributed by atoms with van der Waals surface area (Å²) >= 11 is 0. The molecule has 1 heterocycles. The third-order valence-electron chi connectivity index (χ3n) is 3.52. The number of methoxy groups -OCH3 is 1. The van der Waals surface area contributed by atoms with Gasteiger partial charge in [-0.2, -0.15) is 0 Å². The van der Waals surface area contributed by atoms with Crippen LogP contribution in [0.4, 0.5) is 14.9 Å². The number of amides is 1. The number of carbonyl (C=O) groups excluding carboxylic acids is 1. The monoisotopic (exact) mass is 281 g/mol. The smallest absolute Gasteiger partial charge is 0.407 e. The first kappa shape index (κ1) is 14.6. The van der Waals surface area contributed by atoms with Crippen LogP contribution in [0.5, 0.6) is 0 Å². The number of nitrogens with zero attached hydrogens (tertiary/aromatic N) is 1. The topological polar surface area (TPSA) is 67.6 Å². The maximum atomic E-state index is 14.1. The van der Waals surface area contributed by atoms with Gasteiger partial charge in [0, 0.05) is 19.1 Å². The summed E-state index contributed by atoms with van der Waals surface area (Å²) in [6.45, 7) is 3.06. The minimum Gasteiger partial charge on any atom is -0.453 e. The molecule has 5 nitrogen and oxygen atoms in total. The number of nitrogens with one attached hydrogen (secondary N) is 1. The summed E-state index contributed by atoms with van der Waals surface area (Å²) in [5.74, 6) is -0.279. The van der Waals surface area contributed by atoms with E-state index in [1.807, 2.05) is 17.9 Å². The molecule has 1 saturated heterocycles. The molecule has 20 heavy (non-hydrogen) atoms. The number of hydrogen-bond acceptors (Lipinski definition) is 4. The van der Waals surface area contributed by atoms with Crippen molar-refractivity contribution in [2.24, 2.45) is 5.73 Å². The summed E-state index contributed by atoms with van der Waals surface area (Å²) in [5, 5.41) is 2.74. The van der Waals surface area contributed by atoms with Crippen molar-refractivity contribution >= 4 is 11.8 Å². The fourth-order valence-corrected chi connectivity index (χ4v) is 2.54. The van der Waals surface area contributed by atoms with Crippen LogP contribution in [0.15, 0.2) is 18.2 Å². The molecule has 1 aromatic rings. The molecule has 2 rings (SSSR count). The first-order valence-corrected chi connectivity index (χ1v) is 6.66. The molecule has 0 aliphatic carbocycles. The highest BCUT2D eigenvalue weighted by Crippen LogP contribution is 2.30. The molecule has 0 spiro atoms. The number of carbonyl (C=O) groups is 1. The quantitative estimate of drug-likeness (QED) is 0.886. The van der Waals surface area contributed by atoms with Gasteiger partial charge in [-0.15, -0.1) is 0 Å². The highest BCUT2D eigenvalue weighted by molar-refractivity contribution is 5.68. The fourth-order valence-electron chi connectivity index (χ4n) is 2.54. The van der Waals surface area contributed by atoms with Crippen LogP contribution in [-0.2, 0) is 4.74 Å². The third-order valence-corrected chi connectivity index (χ3v) is 3.52. The van der Waals surface area contributed by atoms with Gasteiger partial charge in [0.1, 0.15) is 5.82 Å². The standard InChI is InChI=1S/C14H20FN3O2/c1-9(16)11-4-3-5-12(15)13(11)18-7-6-10(8-18)17-14(19)20-2/h3-5,9-10H,6-8,16H2,1-2H3,(H,17,19)/t9-,10?/m0/s1. The summed E-state index contributed by atoms with van der Waals surface area (Å²) in [7, 11) is 1.33. The van der Waals surface area contributed by atoms with Crippen LogP contribution in [0.25, 0.3) is 0 Å². The Hall–Kier alpha value is -1.82. The summed E-state index contributed by atoms with van der Waals surface area (Å²) in [4.78, 5) is 13.1. The van der Waals surface area contributed by atoms with E-state index in [2.05, 4.69) is 10.1 Å². The number of halogens is 1. The van der Waals surface area contributed by atoms with Gasteiger partial charge in [0.15, 0.2) is 0 Å². The van der Waals surface area contributed by atoms with Crippen LogP contribution in [0, 0.1) is 5.82 Å². The number of nitrogens with two attached hydrogens (primary N) is 1. The molecule has 110 valence electrons. The summed E-state index contributed by atoms with van der Waals surface area (Å²) in [5.41, 5.74) is 7.22. The average molecular weight is 281 g/mol. The average Bonchev–Trinajstić information content (AvgIpc) is 2.86. The van der Waals surface area contributed by atoms with Gasteiger partial charge in [-0.25, -0.2) is 9.18 Å². The molecule has 0 radical (unpaired) electrons. The summed E-state index contributed by atoms with van der Waals surface area (Å²) in [6.07, 6.45) is 0.291. The van der Waals surface area contributed by atoms with Gasteiger partial charge >= 0.3 is 6.09 Å². The maximum absolute atomic E-state index is 14.1. The van der Waals surface area contributed by atoms with Gasteiger partial charge in [-0.1, -0.05) is 12.1 Å². The molecule has 2 atom stereocenters. The highest BCUT2D eigenvalue weighted by Gasteiger charge is 2.28. The third kappa shape index (κ3) is 3.01. The zero-order valence-electron chi connectivity index (χ0n) is 11.7. The molecule has 1 amide bonds. The van der Waals surface area contributed by atoms with E-state index in [0.29, 0.717) is 18.8 Å². The van der Waals surface area contributed by atoms with E-state index < -0.39 is 6.09 Å². The van der Waals surface area contributed by atoms with Crippen LogP contribution in [0.2, 0.25) is 0 Å². The van der Waals surface area contributed by atoms with E-state index >= 15 is 0 Å². The molecule has 1 unspecified atom stereocenters. The van der Waals surface area contributed by atoms with E-state index in [1.165, 1.54) is 13.2 Å². The Bertz CT molecular complexity index is 493. The van der Waals surface area contributed by atoms with E-state index in [9.17, 15) is 9.18 Å². The van der Waals surface area contributed by atoms with Crippen LogP contribution in [0.3, 0.4) is 0 Å². The van der Waals surface area contributed by atoms with Gasteiger partial charge in [0.2, 0.25) is 0 Å². The van der Waals surface area contributed by atoms with Crippen LogP contribution >= 0.6 is 0 Å². The lowest BCUT2D eigenvalue weighted by atomic mass is 10.1. The first-order valence-electron chi connectivity index (χ1n) is 6.66. The molecular formula is C14H20FN3O2. The molecule has 0 aromatic heterocycles. The normalized spacial score (nSPS) is 19.8. The fraction of sp³-hybridized carbons (Fsp3) is 0.500. The Morgan fingerprint density at radius 1 is 1.60 bits per heavy atom. The zero-order valence-corrected chi connectivity index (χ0v) is 11.7. The number of para-hydroxylation sites is 1. The molecule has 6 heteroatoms. The Balaban J connectivity index is 2.16. The van der Waals surface area contributed by atoms with Crippen molar-refractivity contribution in [3.05, 3.63) is 29.6 Å². The van der Waals surface area contributed by atoms with E-state index in [1.54, 1.807) is 6.07 Å². The van der Waals surface area contributed by atoms with E-state index in [4.69, 9.17) is 5.73 Å². The lowest BCUT2D eigenvalue weighted by molar-refractivity contribution is 0.167. The number of rotatable bonds is 3. The second-order valence-electron chi connectivity index (χ2n) is 5.03. The summed E-state index contributed by atoms with van der Waals surface area (Å²) < 4.78 is 18.7. The molecule has 1 aliphatic heterocycles. The maximum Gasteiger partial charge on any atom is 0.407 e. The lowest BCUT2D eigenvalue weighted by Gasteiger charge is -2.24. The van der Waals surface area contributed by atoms with Gasteiger partial charge in [-0.05, 0) is 25.0 Å². The predicted octanol–water partition coefficient (Wildman–Crippen LogP) is 1.78. The molecule has 0 bridgehead atoms. The van der Waals surface area contributed by atoms with Gasteiger partial charge in [-0.3, -0.25) is 0 Å². The Kier molecular flexibility index (Phi) is 4.44. The molecular weight excluding hydrogens is 261 g/mol. The molecule has 1 aliphatic rings. The van der Waals surface area contributed by atoms with Crippen molar-refractivity contribution in [1.82, 2.24) is 5.32 Å². The van der Waals surface area contributed by atoms with E-state index in [0.717, 1.165) is 12.0 Å². The first-order chi connectivity index (χ1) is 9.52. The Morgan fingerprint density at radius 2 is 2.35 bits per heavy atom. The van der Waals surface area contributed by atoms with Crippen LogP contribution in [-0.4, -0.2) is 32.3 Å². The predicted molar refractivity (Wildman–Crippen MR) is 75.2 cm³/mol. The zero-order chi connectivity index (χ0) is 14.7. The minimum absolute atomic E-state index is 0.0389. The van der Waals surface area contributed by atoms with Crippen LogP contribution < -0.4 is 16.0 Å². The van der Waals surface area contributed by atoms with Crippen molar-refractivity contribution < 1.29 is 13.9 Å². The SMILES string of the molecule is COC(=O)NC1CCN(c2c(F)cccc2[C@H](C)N)C1. The van der Waals surface area contributed by atoms with Crippen molar-refractivity contribution in [2.75, 3.05) is 25.1 Å². The van der Waals surface area contributed by atoms with Crippen molar-refractivity contribution in [3.8, 4) is 0 Å². The molecule has 3 N–H and O–H groups in total. The van der Waals surface area contributed by atoms with Crippen molar-refractivity contribution in [3.63, 3.8) is 0 Å². The number of anilines is 1. The minimum atomic E-state index is -0.460. The number of ether oxygens (including phenoxy) is 1. The number of hydrogen-bond donors (Lipinski definition) is 2. The number of benzene rings is 1. The van der Waals surface area contributed by atoms with E-state index in [-0.39, 0.29) is 17.9 Å². The lowest BCUT2D eigenvalue weighted by Crippen LogP contribution is -2.37. The second kappa shape index (κ2) is 6.09. The van der Waals surface area contributed by atoms with Crippen molar-refractivity contribution in [1.29, 1.82) is 0 Å². The van der Waals surface area contributed by atoms with Gasteiger partial charge < -0.3 is 20.7 Å². The van der Waals surface area contributed by atoms with Crippen molar-refractivity contribution in [2.45, 2.75) is 25.4 Å². The molecule has 1 fully saturated rings. The largest absolute Gasteiger partial charge is 0.453 e. The number of alkyl carbamates (subject to hydrolysis) is 1. The van der Waals surface area contributed by atoms with Gasteiger partial charge in [0.05, 0.1) is 18.8 Å².